The second-order valence-electron chi connectivity index (χ2n) is 5.86. The van der Waals surface area contributed by atoms with Crippen molar-refractivity contribution in [1.82, 2.24) is 0 Å². The Labute approximate surface area is 154 Å². The Balaban J connectivity index is 1.85. The van der Waals surface area contributed by atoms with Crippen molar-refractivity contribution in [1.29, 1.82) is 0 Å². The van der Waals surface area contributed by atoms with Gasteiger partial charge in [-0.05, 0) is 34.4 Å². The topological polar surface area (TPSA) is 17.1 Å². The molecule has 0 aliphatic carbocycles. The van der Waals surface area contributed by atoms with E-state index in [0.29, 0.717) is 0 Å². The van der Waals surface area contributed by atoms with Gasteiger partial charge in [-0.15, -0.1) is 0 Å². The lowest BCUT2D eigenvalue weighted by atomic mass is 10.0. The van der Waals surface area contributed by atoms with Gasteiger partial charge in [-0.25, -0.2) is 0 Å². The number of benzene rings is 3. The lowest BCUT2D eigenvalue weighted by Gasteiger charge is -2.02. The molecule has 3 rings (SSSR count). The minimum absolute atomic E-state index is 0.0367. The summed E-state index contributed by atoms with van der Waals surface area (Å²) in [7, 11) is 0. The maximum Gasteiger partial charge on any atom is 0.179 e. The van der Waals surface area contributed by atoms with Crippen LogP contribution in [0.15, 0.2) is 109 Å². The lowest BCUT2D eigenvalue weighted by molar-refractivity contribution is -0.110. The van der Waals surface area contributed by atoms with E-state index in [0.717, 1.165) is 22.3 Å². The molecule has 0 aromatic heterocycles. The fourth-order valence-electron chi connectivity index (χ4n) is 2.55. The monoisotopic (exact) mass is 336 g/mol. The molecule has 0 bridgehead atoms. The standard InChI is InChI=1S/C25H20O/c26-25(19-17-22-12-6-2-7-13-22)20-24(23-14-8-3-9-15-23)18-16-21-10-4-1-5-11-21/h1-20H/b18-16+,19-17+,24-20-. The molecule has 0 N–H and O–H groups in total. The van der Waals surface area contributed by atoms with Gasteiger partial charge in [0, 0.05) is 0 Å². The van der Waals surface area contributed by atoms with Gasteiger partial charge < -0.3 is 0 Å². The molecule has 3 aromatic carbocycles. The molecule has 0 fully saturated rings. The van der Waals surface area contributed by atoms with Crippen molar-refractivity contribution in [3.63, 3.8) is 0 Å². The highest BCUT2D eigenvalue weighted by Gasteiger charge is 2.00. The Kier molecular flexibility index (Phi) is 6.11. The Morgan fingerprint density at radius 1 is 0.577 bits per heavy atom. The quantitative estimate of drug-likeness (QED) is 0.394. The molecular formula is C25H20O. The lowest BCUT2D eigenvalue weighted by Crippen LogP contribution is -1.90. The fourth-order valence-corrected chi connectivity index (χ4v) is 2.55. The molecule has 3 aromatic rings. The molecule has 0 saturated carbocycles. The van der Waals surface area contributed by atoms with E-state index >= 15 is 0 Å². The molecule has 0 atom stereocenters. The van der Waals surface area contributed by atoms with Crippen molar-refractivity contribution in [2.75, 3.05) is 0 Å². The zero-order chi connectivity index (χ0) is 18.0. The van der Waals surface area contributed by atoms with Crippen molar-refractivity contribution in [3.05, 3.63) is 126 Å². The van der Waals surface area contributed by atoms with Crippen molar-refractivity contribution in [2.45, 2.75) is 0 Å². The van der Waals surface area contributed by atoms with Crippen LogP contribution >= 0.6 is 0 Å². The van der Waals surface area contributed by atoms with E-state index in [1.807, 2.05) is 109 Å². The fraction of sp³-hybridized carbons (Fsp3) is 0. The average Bonchev–Trinajstić information content (AvgIpc) is 2.72. The largest absolute Gasteiger partial charge is 0.290 e. The number of allylic oxidation sites excluding steroid dienone is 4. The molecule has 0 heterocycles. The summed E-state index contributed by atoms with van der Waals surface area (Å²) in [5, 5.41) is 0. The number of carbonyl (C=O) groups is 1. The van der Waals surface area contributed by atoms with Crippen LogP contribution < -0.4 is 0 Å². The maximum atomic E-state index is 12.4. The van der Waals surface area contributed by atoms with Crippen LogP contribution in [-0.2, 0) is 4.79 Å². The number of ketones is 1. The zero-order valence-electron chi connectivity index (χ0n) is 14.5. The number of hydrogen-bond donors (Lipinski definition) is 0. The summed E-state index contributed by atoms with van der Waals surface area (Å²) in [5.41, 5.74) is 4.01. The SMILES string of the molecule is O=C(/C=C(/C=C/c1ccccc1)c1ccccc1)/C=C/c1ccccc1. The average molecular weight is 336 g/mol. The van der Waals surface area contributed by atoms with Gasteiger partial charge >= 0.3 is 0 Å². The molecule has 0 saturated heterocycles. The highest BCUT2D eigenvalue weighted by Crippen LogP contribution is 2.18. The van der Waals surface area contributed by atoms with Crippen LogP contribution in [-0.4, -0.2) is 5.78 Å². The van der Waals surface area contributed by atoms with Crippen LogP contribution in [0.1, 0.15) is 16.7 Å². The van der Waals surface area contributed by atoms with Gasteiger partial charge in [-0.2, -0.15) is 0 Å². The maximum absolute atomic E-state index is 12.4. The Morgan fingerprint density at radius 3 is 1.58 bits per heavy atom. The minimum Gasteiger partial charge on any atom is -0.290 e. The first-order chi connectivity index (χ1) is 12.8. The predicted molar refractivity (Wildman–Crippen MR) is 110 cm³/mol. The van der Waals surface area contributed by atoms with Gasteiger partial charge in [0.1, 0.15) is 0 Å². The summed E-state index contributed by atoms with van der Waals surface area (Å²) in [4.78, 5) is 12.4. The van der Waals surface area contributed by atoms with Gasteiger partial charge in [0.25, 0.3) is 0 Å². The van der Waals surface area contributed by atoms with Gasteiger partial charge in [0.05, 0.1) is 0 Å². The van der Waals surface area contributed by atoms with Crippen molar-refractivity contribution in [2.24, 2.45) is 0 Å². The third-order valence-electron chi connectivity index (χ3n) is 3.90. The minimum atomic E-state index is -0.0367. The van der Waals surface area contributed by atoms with E-state index in [9.17, 15) is 4.79 Å². The first-order valence-corrected chi connectivity index (χ1v) is 8.58. The third kappa shape index (κ3) is 5.29. The Morgan fingerprint density at radius 2 is 1.04 bits per heavy atom. The molecule has 1 nitrogen and oxygen atoms in total. The number of hydrogen-bond acceptors (Lipinski definition) is 1. The van der Waals surface area contributed by atoms with Crippen molar-refractivity contribution >= 4 is 23.5 Å². The van der Waals surface area contributed by atoms with Crippen LogP contribution in [0.2, 0.25) is 0 Å². The van der Waals surface area contributed by atoms with E-state index in [1.54, 1.807) is 12.2 Å². The molecule has 0 aliphatic rings. The predicted octanol–water partition coefficient (Wildman–Crippen LogP) is 6.07. The highest BCUT2D eigenvalue weighted by molar-refractivity contribution is 6.07. The summed E-state index contributed by atoms with van der Waals surface area (Å²) < 4.78 is 0. The zero-order valence-corrected chi connectivity index (χ0v) is 14.5. The van der Waals surface area contributed by atoms with Crippen LogP contribution in [0.25, 0.3) is 17.7 Å². The third-order valence-corrected chi connectivity index (χ3v) is 3.90. The Bertz CT molecular complexity index is 918. The summed E-state index contributed by atoms with van der Waals surface area (Å²) in [5.74, 6) is -0.0367. The first kappa shape index (κ1) is 17.4. The van der Waals surface area contributed by atoms with E-state index < -0.39 is 0 Å². The molecule has 0 radical (unpaired) electrons. The van der Waals surface area contributed by atoms with Gasteiger partial charge in [-0.1, -0.05) is 109 Å². The highest BCUT2D eigenvalue weighted by atomic mass is 16.1. The number of carbonyl (C=O) groups excluding carboxylic acids is 1. The molecule has 1 heteroatoms. The summed E-state index contributed by atoms with van der Waals surface area (Å²) in [6, 6.07) is 29.8. The van der Waals surface area contributed by atoms with Crippen molar-refractivity contribution < 1.29 is 4.79 Å². The van der Waals surface area contributed by atoms with E-state index in [2.05, 4.69) is 0 Å². The normalized spacial score (nSPS) is 11.9. The second kappa shape index (κ2) is 9.14. The molecule has 126 valence electrons. The molecule has 26 heavy (non-hydrogen) atoms. The van der Waals surface area contributed by atoms with Crippen LogP contribution in [0.4, 0.5) is 0 Å². The van der Waals surface area contributed by atoms with Gasteiger partial charge in [0.15, 0.2) is 5.78 Å². The summed E-state index contributed by atoms with van der Waals surface area (Å²) in [6.07, 6.45) is 9.12. The number of rotatable bonds is 6. The smallest absolute Gasteiger partial charge is 0.179 e. The molecule has 0 aliphatic heterocycles. The Hall–Kier alpha value is -3.45. The van der Waals surface area contributed by atoms with Gasteiger partial charge in [-0.3, -0.25) is 4.79 Å². The van der Waals surface area contributed by atoms with E-state index in [1.165, 1.54) is 0 Å². The molecule has 0 amide bonds. The molecule has 0 spiro atoms. The second-order valence-corrected chi connectivity index (χ2v) is 5.86. The van der Waals surface area contributed by atoms with Crippen LogP contribution in [0.5, 0.6) is 0 Å². The summed E-state index contributed by atoms with van der Waals surface area (Å²) >= 11 is 0. The van der Waals surface area contributed by atoms with Crippen molar-refractivity contribution in [3.8, 4) is 0 Å². The van der Waals surface area contributed by atoms with E-state index in [-0.39, 0.29) is 5.78 Å². The molecule has 0 unspecified atom stereocenters. The van der Waals surface area contributed by atoms with Crippen LogP contribution in [0, 0.1) is 0 Å². The summed E-state index contributed by atoms with van der Waals surface area (Å²) in [6.45, 7) is 0. The molecular weight excluding hydrogens is 316 g/mol. The first-order valence-electron chi connectivity index (χ1n) is 8.58. The van der Waals surface area contributed by atoms with Crippen LogP contribution in [0.3, 0.4) is 0 Å². The van der Waals surface area contributed by atoms with E-state index in [4.69, 9.17) is 0 Å². The van der Waals surface area contributed by atoms with Gasteiger partial charge in [0.2, 0.25) is 0 Å².